The number of nitrogens with zero attached hydrogens (tertiary/aromatic N) is 1. The zero-order valence-corrected chi connectivity index (χ0v) is 12.7. The largest absolute Gasteiger partial charge is 0.322 e. The Kier molecular flexibility index (Phi) is 3.73. The van der Waals surface area contributed by atoms with Gasteiger partial charge >= 0.3 is 0 Å². The second kappa shape index (κ2) is 5.69. The van der Waals surface area contributed by atoms with Gasteiger partial charge in [-0.2, -0.15) is 0 Å². The van der Waals surface area contributed by atoms with Crippen molar-refractivity contribution in [3.05, 3.63) is 60.4 Å². The van der Waals surface area contributed by atoms with Gasteiger partial charge in [-0.15, -0.1) is 11.3 Å². The van der Waals surface area contributed by atoms with Crippen LogP contribution in [0.4, 0.5) is 10.1 Å². The minimum absolute atomic E-state index is 0.244. The molecule has 0 bridgehead atoms. The maximum absolute atomic E-state index is 13.2. The van der Waals surface area contributed by atoms with Gasteiger partial charge in [0.05, 0.1) is 10.2 Å². The number of fused-ring (bicyclic) bond motifs is 1. The van der Waals surface area contributed by atoms with Crippen molar-refractivity contribution in [3.8, 4) is 10.6 Å². The second-order valence-corrected chi connectivity index (χ2v) is 5.88. The molecule has 1 aromatic heterocycles. The summed E-state index contributed by atoms with van der Waals surface area (Å²) in [6.45, 7) is 5.34. The number of thiazole rings is 1. The second-order valence-electron chi connectivity index (χ2n) is 4.85. The highest BCUT2D eigenvalue weighted by molar-refractivity contribution is 7.21. The number of carbonyl (C=O) groups excluding carboxylic acids is 1. The van der Waals surface area contributed by atoms with Crippen molar-refractivity contribution in [1.82, 2.24) is 4.98 Å². The summed E-state index contributed by atoms with van der Waals surface area (Å²) in [4.78, 5) is 15.8. The van der Waals surface area contributed by atoms with Crippen molar-refractivity contribution in [2.75, 3.05) is 5.32 Å². The summed E-state index contributed by atoms with van der Waals surface area (Å²) in [5.74, 6) is -0.533. The van der Waals surface area contributed by atoms with Crippen LogP contribution >= 0.6 is 11.3 Å². The molecule has 0 aliphatic rings. The van der Waals surface area contributed by atoms with Gasteiger partial charge in [-0.1, -0.05) is 6.58 Å². The molecule has 3 nitrogen and oxygen atoms in total. The zero-order valence-electron chi connectivity index (χ0n) is 11.9. The molecular weight excluding hydrogens is 299 g/mol. The number of nitrogens with one attached hydrogen (secondary N) is 1. The topological polar surface area (TPSA) is 42.0 Å². The molecule has 110 valence electrons. The van der Waals surface area contributed by atoms with Crippen molar-refractivity contribution in [1.29, 1.82) is 0 Å². The van der Waals surface area contributed by atoms with E-state index < -0.39 is 0 Å². The zero-order chi connectivity index (χ0) is 15.7. The van der Waals surface area contributed by atoms with Gasteiger partial charge < -0.3 is 5.32 Å². The standard InChI is InChI=1S/C17H13FN2OS/c1-3-16(21)19-13-6-4-11(8-10(13)2)17-20-14-9-12(18)5-7-15(14)22-17/h3-9H,1H2,2H3,(H,19,21). The lowest BCUT2D eigenvalue weighted by Gasteiger charge is -2.07. The van der Waals surface area contributed by atoms with Crippen LogP contribution in [0.25, 0.3) is 20.8 Å². The summed E-state index contributed by atoms with van der Waals surface area (Å²) in [6.07, 6.45) is 1.23. The first-order chi connectivity index (χ1) is 10.6. The van der Waals surface area contributed by atoms with Crippen molar-refractivity contribution in [3.63, 3.8) is 0 Å². The fourth-order valence-corrected chi connectivity index (χ4v) is 3.09. The summed E-state index contributed by atoms with van der Waals surface area (Å²) >= 11 is 1.51. The van der Waals surface area contributed by atoms with E-state index in [0.29, 0.717) is 5.52 Å². The number of hydrogen-bond donors (Lipinski definition) is 1. The Morgan fingerprint density at radius 3 is 2.86 bits per heavy atom. The SMILES string of the molecule is C=CC(=O)Nc1ccc(-c2nc3cc(F)ccc3s2)cc1C. The molecule has 0 saturated heterocycles. The lowest BCUT2D eigenvalue weighted by molar-refractivity contribution is -0.111. The molecule has 0 radical (unpaired) electrons. The number of hydrogen-bond acceptors (Lipinski definition) is 3. The van der Waals surface area contributed by atoms with Gasteiger partial charge in [-0.3, -0.25) is 4.79 Å². The Morgan fingerprint density at radius 1 is 1.32 bits per heavy atom. The molecule has 0 unspecified atom stereocenters. The summed E-state index contributed by atoms with van der Waals surface area (Å²) in [5.41, 5.74) is 3.26. The highest BCUT2D eigenvalue weighted by atomic mass is 32.1. The van der Waals surface area contributed by atoms with E-state index >= 15 is 0 Å². The molecular formula is C17H13FN2OS. The number of aromatic nitrogens is 1. The molecule has 0 fully saturated rings. The first-order valence-electron chi connectivity index (χ1n) is 6.67. The third kappa shape index (κ3) is 2.76. The third-order valence-electron chi connectivity index (χ3n) is 3.27. The first-order valence-corrected chi connectivity index (χ1v) is 7.49. The number of aryl methyl sites for hydroxylation is 1. The number of halogens is 1. The van der Waals surface area contributed by atoms with Crippen LogP contribution in [0.2, 0.25) is 0 Å². The summed E-state index contributed by atoms with van der Waals surface area (Å²) in [6, 6.07) is 10.3. The van der Waals surface area contributed by atoms with E-state index in [1.165, 1.54) is 29.5 Å². The van der Waals surface area contributed by atoms with Crippen LogP contribution in [0.3, 0.4) is 0 Å². The quantitative estimate of drug-likeness (QED) is 0.722. The number of anilines is 1. The molecule has 3 aromatic rings. The van der Waals surface area contributed by atoms with Crippen molar-refractivity contribution in [2.24, 2.45) is 0 Å². The smallest absolute Gasteiger partial charge is 0.247 e. The van der Waals surface area contributed by atoms with Gasteiger partial charge in [0.15, 0.2) is 0 Å². The number of benzene rings is 2. The van der Waals surface area contributed by atoms with Gasteiger partial charge in [0, 0.05) is 17.3 Å². The monoisotopic (exact) mass is 312 g/mol. The Balaban J connectivity index is 1.98. The van der Waals surface area contributed by atoms with Crippen LogP contribution in [0.1, 0.15) is 5.56 Å². The van der Waals surface area contributed by atoms with Crippen LogP contribution < -0.4 is 5.32 Å². The summed E-state index contributed by atoms with van der Waals surface area (Å²) in [5, 5.41) is 3.57. The lowest BCUT2D eigenvalue weighted by Crippen LogP contribution is -2.08. The molecule has 2 aromatic carbocycles. The molecule has 0 spiro atoms. The van der Waals surface area contributed by atoms with Gasteiger partial charge in [-0.05, 0) is 48.9 Å². The van der Waals surface area contributed by atoms with Crippen molar-refractivity contribution < 1.29 is 9.18 Å². The minimum atomic E-state index is -0.289. The lowest BCUT2D eigenvalue weighted by atomic mass is 10.1. The molecule has 1 amide bonds. The maximum atomic E-state index is 13.2. The van der Waals surface area contributed by atoms with E-state index in [2.05, 4.69) is 16.9 Å². The number of carbonyl (C=O) groups is 1. The molecule has 3 rings (SSSR count). The molecule has 0 saturated carbocycles. The summed E-state index contributed by atoms with van der Waals surface area (Å²) in [7, 11) is 0. The van der Waals surface area contributed by atoms with E-state index in [1.807, 2.05) is 25.1 Å². The van der Waals surface area contributed by atoms with Gasteiger partial charge in [-0.25, -0.2) is 9.37 Å². The van der Waals surface area contributed by atoms with E-state index in [-0.39, 0.29) is 11.7 Å². The average Bonchev–Trinajstić information content (AvgIpc) is 2.92. The van der Waals surface area contributed by atoms with Crippen LogP contribution in [0.15, 0.2) is 49.1 Å². The molecule has 1 N–H and O–H groups in total. The highest BCUT2D eigenvalue weighted by Gasteiger charge is 2.09. The van der Waals surface area contributed by atoms with Crippen molar-refractivity contribution >= 4 is 33.1 Å². The van der Waals surface area contributed by atoms with Gasteiger partial charge in [0.1, 0.15) is 10.8 Å². The van der Waals surface area contributed by atoms with Crippen LogP contribution in [0, 0.1) is 12.7 Å². The molecule has 5 heteroatoms. The summed E-state index contributed by atoms with van der Waals surface area (Å²) < 4.78 is 14.2. The molecule has 22 heavy (non-hydrogen) atoms. The predicted molar refractivity (Wildman–Crippen MR) is 88.6 cm³/mol. The van der Waals surface area contributed by atoms with Crippen LogP contribution in [0.5, 0.6) is 0 Å². The maximum Gasteiger partial charge on any atom is 0.247 e. The van der Waals surface area contributed by atoms with Gasteiger partial charge in [0.2, 0.25) is 5.91 Å². The van der Waals surface area contributed by atoms with Crippen LogP contribution in [-0.4, -0.2) is 10.9 Å². The fraction of sp³-hybridized carbons (Fsp3) is 0.0588. The predicted octanol–water partition coefficient (Wildman–Crippen LogP) is 4.54. The Morgan fingerprint density at radius 2 is 2.14 bits per heavy atom. The molecule has 1 heterocycles. The third-order valence-corrected chi connectivity index (χ3v) is 4.35. The van der Waals surface area contributed by atoms with Crippen LogP contribution in [-0.2, 0) is 4.79 Å². The molecule has 0 aliphatic carbocycles. The normalized spacial score (nSPS) is 10.6. The van der Waals surface area contributed by atoms with Crippen molar-refractivity contribution in [2.45, 2.75) is 6.92 Å². The highest BCUT2D eigenvalue weighted by Crippen LogP contribution is 2.32. The first kappa shape index (κ1) is 14.4. The van der Waals surface area contributed by atoms with E-state index in [1.54, 1.807) is 6.07 Å². The number of rotatable bonds is 3. The Bertz CT molecular complexity index is 885. The van der Waals surface area contributed by atoms with Gasteiger partial charge in [0.25, 0.3) is 0 Å². The Hall–Kier alpha value is -2.53. The van der Waals surface area contributed by atoms with E-state index in [9.17, 15) is 9.18 Å². The molecule has 0 atom stereocenters. The minimum Gasteiger partial charge on any atom is -0.322 e. The fourth-order valence-electron chi connectivity index (χ4n) is 2.14. The Labute approximate surface area is 131 Å². The average molecular weight is 312 g/mol. The number of amides is 1. The van der Waals surface area contributed by atoms with E-state index in [4.69, 9.17) is 0 Å². The van der Waals surface area contributed by atoms with E-state index in [0.717, 1.165) is 26.5 Å². The molecule has 0 aliphatic heterocycles.